The third-order valence-corrected chi connectivity index (χ3v) is 4.75. The van der Waals surface area contributed by atoms with Gasteiger partial charge in [-0.15, -0.1) is 11.3 Å². The summed E-state index contributed by atoms with van der Waals surface area (Å²) in [6.45, 7) is 2.43. The van der Waals surface area contributed by atoms with E-state index in [0.717, 1.165) is 11.5 Å². The van der Waals surface area contributed by atoms with E-state index < -0.39 is 15.4 Å². The largest absolute Gasteiger partial charge is 1.00 e. The van der Waals surface area contributed by atoms with Crippen molar-refractivity contribution in [3.05, 3.63) is 10.8 Å². The van der Waals surface area contributed by atoms with Gasteiger partial charge >= 0.3 is 51.4 Å². The molecule has 2 heterocycles. The summed E-state index contributed by atoms with van der Waals surface area (Å²) in [7, 11) is -3.98. The average molecular weight is 348 g/mol. The predicted molar refractivity (Wildman–Crippen MR) is 71.8 cm³/mol. The van der Waals surface area contributed by atoms with Gasteiger partial charge in [-0.3, -0.25) is 4.55 Å². The van der Waals surface area contributed by atoms with Crippen LogP contribution in [0.1, 0.15) is 14.8 Å². The normalized spacial score (nSPS) is 19.2. The number of ether oxygens (including phenoxy) is 3. The van der Waals surface area contributed by atoms with Crippen LogP contribution in [0.4, 0.5) is 0 Å². The van der Waals surface area contributed by atoms with Crippen molar-refractivity contribution in [3.8, 4) is 11.5 Å². The molecule has 1 aromatic rings. The van der Waals surface area contributed by atoms with Crippen molar-refractivity contribution in [1.29, 1.82) is 0 Å². The Hall–Kier alpha value is 0.806. The fraction of sp³-hybridized carbons (Fsp3) is 0.636. The van der Waals surface area contributed by atoms with Gasteiger partial charge in [-0.25, -0.2) is 0 Å². The summed E-state index contributed by atoms with van der Waals surface area (Å²) in [5.74, 6) is 1.47. The summed E-state index contributed by atoms with van der Waals surface area (Å²) < 4.78 is 46.8. The molecule has 20 heavy (non-hydrogen) atoms. The zero-order chi connectivity index (χ0) is 13.9. The van der Waals surface area contributed by atoms with E-state index in [1.807, 2.05) is 10.8 Å². The zero-order valence-corrected chi connectivity index (χ0v) is 16.2. The van der Waals surface area contributed by atoms with Gasteiger partial charge < -0.3 is 15.6 Å². The minimum Gasteiger partial charge on any atom is -1.00 e. The molecule has 110 valence electrons. The maximum Gasteiger partial charge on any atom is 1.00 e. The van der Waals surface area contributed by atoms with Crippen molar-refractivity contribution in [3.63, 3.8) is 0 Å². The van der Waals surface area contributed by atoms with Gasteiger partial charge in [-0.2, -0.15) is 8.42 Å². The number of fused-ring (bicyclic) bond motifs is 1. The Morgan fingerprint density at radius 3 is 2.95 bits per heavy atom. The molecule has 9 heteroatoms. The van der Waals surface area contributed by atoms with Gasteiger partial charge in [0.1, 0.15) is 6.61 Å². The van der Waals surface area contributed by atoms with E-state index in [2.05, 4.69) is 0 Å². The third-order valence-electron chi connectivity index (χ3n) is 2.79. The summed E-state index contributed by atoms with van der Waals surface area (Å²) in [5.41, 5.74) is 0. The monoisotopic (exact) mass is 348 g/mol. The molecule has 0 saturated carbocycles. The van der Waals surface area contributed by atoms with Crippen LogP contribution in [0.15, 0.2) is 10.8 Å². The number of rotatable bonds is 6. The van der Waals surface area contributed by atoms with E-state index in [1.54, 1.807) is 0 Å². The van der Waals surface area contributed by atoms with Crippen molar-refractivity contribution in [2.24, 2.45) is 0 Å². The Morgan fingerprint density at radius 2 is 2.25 bits per heavy atom. The molecule has 1 N–H and O–H groups in total. The van der Waals surface area contributed by atoms with Gasteiger partial charge in [0.05, 0.1) is 11.9 Å². The maximum atomic E-state index is 10.8. The molecule has 0 aromatic carbocycles. The van der Waals surface area contributed by atoms with E-state index in [0.29, 0.717) is 13.2 Å². The Balaban J connectivity index is 0.00000200. The Kier molecular flexibility index (Phi) is 7.96. The molecule has 0 spiro atoms. The molecular formula is C11H17KO6S2. The summed E-state index contributed by atoms with van der Waals surface area (Å²) in [6, 6.07) is 0. The third kappa shape index (κ3) is 5.54. The number of hydrogen-bond donors (Lipinski definition) is 1. The van der Waals surface area contributed by atoms with Crippen LogP contribution >= 0.6 is 11.3 Å². The van der Waals surface area contributed by atoms with E-state index in [4.69, 9.17) is 18.8 Å². The van der Waals surface area contributed by atoms with Crippen LogP contribution in [-0.4, -0.2) is 44.1 Å². The maximum absolute atomic E-state index is 10.8. The fourth-order valence-corrected chi connectivity index (χ4v) is 2.62. The van der Waals surface area contributed by atoms with Gasteiger partial charge in [-0.05, 0) is 13.3 Å². The second-order valence-corrected chi connectivity index (χ2v) is 6.92. The van der Waals surface area contributed by atoms with E-state index in [1.165, 1.54) is 18.3 Å². The van der Waals surface area contributed by atoms with Crippen LogP contribution in [-0.2, 0) is 14.9 Å². The minimum absolute atomic E-state index is 0. The van der Waals surface area contributed by atoms with Crippen LogP contribution in [0.25, 0.3) is 0 Å². The van der Waals surface area contributed by atoms with Crippen molar-refractivity contribution < 1.29 is 80.0 Å². The minimum atomic E-state index is -3.98. The predicted octanol–water partition coefficient (Wildman–Crippen LogP) is -1.31. The molecule has 0 radical (unpaired) electrons. The second-order valence-electron chi connectivity index (χ2n) is 4.34. The van der Waals surface area contributed by atoms with Crippen LogP contribution < -0.4 is 60.9 Å². The molecule has 0 bridgehead atoms. The first kappa shape index (κ1) is 18.9. The summed E-state index contributed by atoms with van der Waals surface area (Å²) in [4.78, 5) is 0. The fourth-order valence-electron chi connectivity index (χ4n) is 1.56. The molecule has 2 unspecified atom stereocenters. The first-order chi connectivity index (χ1) is 8.97. The van der Waals surface area contributed by atoms with E-state index in [-0.39, 0.29) is 71.9 Å². The SMILES string of the molecule is CC(CCOCC1COc2cscc2O1)S(=O)(=O)O.[H-].[K+]. The molecule has 2 rings (SSSR count). The molecule has 0 fully saturated rings. The Morgan fingerprint density at radius 1 is 1.55 bits per heavy atom. The van der Waals surface area contributed by atoms with Crippen LogP contribution in [0.3, 0.4) is 0 Å². The molecular weight excluding hydrogens is 331 g/mol. The van der Waals surface area contributed by atoms with E-state index >= 15 is 0 Å². The van der Waals surface area contributed by atoms with Crippen molar-refractivity contribution >= 4 is 21.5 Å². The van der Waals surface area contributed by atoms with Crippen LogP contribution in [0.5, 0.6) is 11.5 Å². The zero-order valence-electron chi connectivity index (χ0n) is 12.4. The molecule has 1 aromatic heterocycles. The second kappa shape index (κ2) is 8.44. The topological polar surface area (TPSA) is 82.1 Å². The number of hydrogen-bond acceptors (Lipinski definition) is 6. The molecule has 0 amide bonds. The van der Waals surface area contributed by atoms with Crippen molar-refractivity contribution in [2.75, 3.05) is 19.8 Å². The quantitative estimate of drug-likeness (QED) is 0.390. The Labute approximate surface area is 166 Å². The van der Waals surface area contributed by atoms with Gasteiger partial charge in [0.25, 0.3) is 10.1 Å². The van der Waals surface area contributed by atoms with Gasteiger partial charge in [-0.1, -0.05) is 0 Å². The van der Waals surface area contributed by atoms with Gasteiger partial charge in [0.2, 0.25) is 0 Å². The van der Waals surface area contributed by atoms with Gasteiger partial charge in [0.15, 0.2) is 17.6 Å². The average Bonchev–Trinajstić information content (AvgIpc) is 2.80. The van der Waals surface area contributed by atoms with Gasteiger partial charge in [0, 0.05) is 17.4 Å². The summed E-state index contributed by atoms with van der Waals surface area (Å²) in [5, 5.41) is 2.92. The molecule has 2 atom stereocenters. The van der Waals surface area contributed by atoms with Crippen LogP contribution in [0.2, 0.25) is 0 Å². The molecule has 6 nitrogen and oxygen atoms in total. The molecule has 1 aliphatic rings. The van der Waals surface area contributed by atoms with Crippen LogP contribution in [0, 0.1) is 0 Å². The van der Waals surface area contributed by atoms with Crippen molar-refractivity contribution in [2.45, 2.75) is 24.7 Å². The first-order valence-electron chi connectivity index (χ1n) is 5.86. The van der Waals surface area contributed by atoms with E-state index in [9.17, 15) is 8.42 Å². The molecule has 0 aliphatic carbocycles. The first-order valence-corrected chi connectivity index (χ1v) is 8.31. The summed E-state index contributed by atoms with van der Waals surface area (Å²) in [6.07, 6.45) is 0.0546. The standard InChI is InChI=1S/C11H16O6S2.K.H/c1-8(19(12,13)14)2-3-15-4-9-5-16-10-6-18-7-11(10)17-9;;/h6-9H,2-5H2,1H3,(H,12,13,14);;/q;+1;-1. The van der Waals surface area contributed by atoms with Crippen molar-refractivity contribution in [1.82, 2.24) is 0 Å². The summed E-state index contributed by atoms with van der Waals surface area (Å²) >= 11 is 1.51. The smallest absolute Gasteiger partial charge is 1.00 e. The molecule has 1 aliphatic heterocycles. The number of thiophene rings is 1. The Bertz CT molecular complexity index is 521. The molecule has 0 saturated heterocycles.